The number of rotatable bonds is 3. The number of pyridine rings is 1. The molecule has 2 aromatic carbocycles. The fourth-order valence-corrected chi connectivity index (χ4v) is 2.86. The van der Waals surface area contributed by atoms with Crippen molar-refractivity contribution in [3.63, 3.8) is 0 Å². The molecule has 1 aromatic heterocycles. The second kappa shape index (κ2) is 6.35. The van der Waals surface area contributed by atoms with Crippen molar-refractivity contribution in [3.05, 3.63) is 60.0 Å². The summed E-state index contributed by atoms with van der Waals surface area (Å²) in [6, 6.07) is 12.4. The molecule has 2 heterocycles. The van der Waals surface area contributed by atoms with Gasteiger partial charge in [0.05, 0.1) is 18.7 Å². The minimum absolute atomic E-state index is 0.286. The van der Waals surface area contributed by atoms with Crippen LogP contribution in [0.25, 0.3) is 10.9 Å². The zero-order chi connectivity index (χ0) is 16.4. The first-order valence-electron chi connectivity index (χ1n) is 7.97. The van der Waals surface area contributed by atoms with Crippen molar-refractivity contribution in [2.75, 3.05) is 18.5 Å². The third kappa shape index (κ3) is 2.85. The van der Waals surface area contributed by atoms with Crippen LogP contribution in [-0.2, 0) is 6.54 Å². The minimum atomic E-state index is -0.286. The van der Waals surface area contributed by atoms with Crippen molar-refractivity contribution >= 4 is 16.6 Å². The molecule has 0 fully saturated rings. The molecule has 5 heteroatoms. The van der Waals surface area contributed by atoms with Crippen LogP contribution in [0.1, 0.15) is 12.0 Å². The molecule has 24 heavy (non-hydrogen) atoms. The zero-order valence-corrected chi connectivity index (χ0v) is 13.1. The van der Waals surface area contributed by atoms with E-state index in [1.54, 1.807) is 12.3 Å². The van der Waals surface area contributed by atoms with E-state index in [2.05, 4.69) is 10.3 Å². The van der Waals surface area contributed by atoms with Gasteiger partial charge in [0.15, 0.2) is 11.5 Å². The lowest BCUT2D eigenvalue weighted by Gasteiger charge is -2.14. The average Bonchev–Trinajstić information content (AvgIpc) is 2.85. The number of nitrogens with zero attached hydrogens (tertiary/aromatic N) is 1. The molecule has 1 aliphatic heterocycles. The Morgan fingerprint density at radius 2 is 2.00 bits per heavy atom. The first-order valence-corrected chi connectivity index (χ1v) is 7.97. The van der Waals surface area contributed by atoms with Gasteiger partial charge in [-0.05, 0) is 24.3 Å². The van der Waals surface area contributed by atoms with E-state index in [0.29, 0.717) is 25.3 Å². The number of para-hydroxylation sites is 1. The number of nitrogens with one attached hydrogen (secondary N) is 1. The van der Waals surface area contributed by atoms with E-state index < -0.39 is 0 Å². The molecule has 3 aromatic rings. The van der Waals surface area contributed by atoms with Crippen molar-refractivity contribution in [2.45, 2.75) is 13.0 Å². The quantitative estimate of drug-likeness (QED) is 0.786. The van der Waals surface area contributed by atoms with Crippen LogP contribution in [-0.4, -0.2) is 18.2 Å². The third-order valence-corrected chi connectivity index (χ3v) is 4.03. The van der Waals surface area contributed by atoms with Crippen LogP contribution < -0.4 is 14.8 Å². The zero-order valence-electron chi connectivity index (χ0n) is 13.1. The summed E-state index contributed by atoms with van der Waals surface area (Å²) in [6.07, 6.45) is 2.55. The maximum atomic E-state index is 13.4. The smallest absolute Gasteiger partial charge is 0.166 e. The Bertz CT molecular complexity index is 882. The van der Waals surface area contributed by atoms with Gasteiger partial charge >= 0.3 is 0 Å². The third-order valence-electron chi connectivity index (χ3n) is 4.03. The van der Waals surface area contributed by atoms with Crippen molar-refractivity contribution in [1.29, 1.82) is 0 Å². The van der Waals surface area contributed by atoms with E-state index in [1.807, 2.05) is 24.3 Å². The Labute approximate surface area is 139 Å². The van der Waals surface area contributed by atoms with Gasteiger partial charge in [0.2, 0.25) is 0 Å². The number of anilines is 1. The predicted octanol–water partition coefficient (Wildman–Crippen LogP) is 4.15. The van der Waals surface area contributed by atoms with E-state index >= 15 is 0 Å². The molecule has 0 saturated heterocycles. The maximum Gasteiger partial charge on any atom is 0.166 e. The predicted molar refractivity (Wildman–Crippen MR) is 91.1 cm³/mol. The number of fused-ring (bicyclic) bond motifs is 2. The molecular weight excluding hydrogens is 307 g/mol. The summed E-state index contributed by atoms with van der Waals surface area (Å²) in [4.78, 5) is 4.22. The highest BCUT2D eigenvalue weighted by Crippen LogP contribution is 2.34. The van der Waals surface area contributed by atoms with Gasteiger partial charge in [-0.25, -0.2) is 4.39 Å². The lowest BCUT2D eigenvalue weighted by molar-refractivity contribution is 0.296. The molecule has 0 saturated carbocycles. The normalized spacial score (nSPS) is 13.5. The van der Waals surface area contributed by atoms with Crippen LogP contribution in [0, 0.1) is 5.82 Å². The lowest BCUT2D eigenvalue weighted by atomic mass is 10.1. The van der Waals surface area contributed by atoms with Crippen LogP contribution >= 0.6 is 0 Å². The van der Waals surface area contributed by atoms with Gasteiger partial charge < -0.3 is 14.8 Å². The number of halogens is 1. The topological polar surface area (TPSA) is 43.4 Å². The summed E-state index contributed by atoms with van der Waals surface area (Å²) in [5, 5.41) is 4.28. The Balaban J connectivity index is 1.62. The summed E-state index contributed by atoms with van der Waals surface area (Å²) in [7, 11) is 0. The fourth-order valence-electron chi connectivity index (χ4n) is 2.86. The first kappa shape index (κ1) is 14.8. The molecule has 1 N–H and O–H groups in total. The van der Waals surface area contributed by atoms with Gasteiger partial charge in [0.1, 0.15) is 5.82 Å². The maximum absolute atomic E-state index is 13.4. The molecule has 0 unspecified atom stereocenters. The molecule has 4 rings (SSSR count). The monoisotopic (exact) mass is 324 g/mol. The summed E-state index contributed by atoms with van der Waals surface area (Å²) >= 11 is 0. The highest BCUT2D eigenvalue weighted by atomic mass is 19.1. The number of ether oxygens (including phenoxy) is 2. The van der Waals surface area contributed by atoms with Gasteiger partial charge in [0, 0.05) is 41.9 Å². The van der Waals surface area contributed by atoms with Crippen LogP contribution in [0.3, 0.4) is 0 Å². The molecule has 0 spiro atoms. The fraction of sp³-hybridized carbons (Fsp3) is 0.211. The van der Waals surface area contributed by atoms with E-state index in [0.717, 1.165) is 34.6 Å². The number of hydrogen-bond acceptors (Lipinski definition) is 4. The van der Waals surface area contributed by atoms with Crippen molar-refractivity contribution in [1.82, 2.24) is 4.98 Å². The molecule has 1 aliphatic rings. The first-order chi connectivity index (χ1) is 11.8. The highest BCUT2D eigenvalue weighted by molar-refractivity contribution is 5.90. The van der Waals surface area contributed by atoms with Crippen LogP contribution in [0.2, 0.25) is 0 Å². The van der Waals surface area contributed by atoms with Gasteiger partial charge in [-0.3, -0.25) is 4.98 Å². The second-order valence-corrected chi connectivity index (χ2v) is 5.67. The molecule has 0 bridgehead atoms. The number of aromatic nitrogens is 1. The van der Waals surface area contributed by atoms with E-state index in [4.69, 9.17) is 9.47 Å². The molecule has 0 atom stereocenters. The Kier molecular flexibility index (Phi) is 3.91. The van der Waals surface area contributed by atoms with Gasteiger partial charge in [-0.2, -0.15) is 0 Å². The standard InChI is InChI=1S/C19H17FN2O2/c20-14-5-6-15-16(7-8-21-17(15)11-14)22-12-13-3-1-4-18-19(13)24-10-2-9-23-18/h1,3-8,11H,2,9-10,12H2,(H,21,22). The minimum Gasteiger partial charge on any atom is -0.490 e. The van der Waals surface area contributed by atoms with Crippen molar-refractivity contribution < 1.29 is 13.9 Å². The van der Waals surface area contributed by atoms with Gasteiger partial charge in [-0.15, -0.1) is 0 Å². The van der Waals surface area contributed by atoms with Crippen LogP contribution in [0.15, 0.2) is 48.7 Å². The van der Waals surface area contributed by atoms with E-state index in [1.165, 1.54) is 12.1 Å². The summed E-state index contributed by atoms with van der Waals surface area (Å²) in [6.45, 7) is 1.91. The highest BCUT2D eigenvalue weighted by Gasteiger charge is 2.14. The van der Waals surface area contributed by atoms with Crippen LogP contribution in [0.4, 0.5) is 10.1 Å². The SMILES string of the molecule is Fc1ccc2c(NCc3cccc4c3OCCCO4)ccnc2c1. The van der Waals surface area contributed by atoms with Crippen molar-refractivity contribution in [3.8, 4) is 11.5 Å². The average molecular weight is 324 g/mol. The van der Waals surface area contributed by atoms with Gasteiger partial charge in [-0.1, -0.05) is 12.1 Å². The molecule has 0 amide bonds. The van der Waals surface area contributed by atoms with Crippen molar-refractivity contribution in [2.24, 2.45) is 0 Å². The molecule has 0 aliphatic carbocycles. The number of benzene rings is 2. The van der Waals surface area contributed by atoms with E-state index in [-0.39, 0.29) is 5.82 Å². The Morgan fingerprint density at radius 1 is 1.08 bits per heavy atom. The largest absolute Gasteiger partial charge is 0.490 e. The lowest BCUT2D eigenvalue weighted by Crippen LogP contribution is -2.04. The summed E-state index contributed by atoms with van der Waals surface area (Å²) in [5.41, 5.74) is 2.57. The Hall–Kier alpha value is -2.82. The Morgan fingerprint density at radius 3 is 2.96 bits per heavy atom. The summed E-state index contributed by atoms with van der Waals surface area (Å²) in [5.74, 6) is 1.30. The molecule has 122 valence electrons. The molecular formula is C19H17FN2O2. The van der Waals surface area contributed by atoms with Crippen LogP contribution in [0.5, 0.6) is 11.5 Å². The molecule has 4 nitrogen and oxygen atoms in total. The van der Waals surface area contributed by atoms with E-state index in [9.17, 15) is 4.39 Å². The number of hydrogen-bond donors (Lipinski definition) is 1. The molecule has 0 radical (unpaired) electrons. The second-order valence-electron chi connectivity index (χ2n) is 5.67. The summed E-state index contributed by atoms with van der Waals surface area (Å²) < 4.78 is 24.9. The van der Waals surface area contributed by atoms with Gasteiger partial charge in [0.25, 0.3) is 0 Å².